The number of nitrogens with zero attached hydrogens (tertiary/aromatic N) is 1. The highest BCUT2D eigenvalue weighted by molar-refractivity contribution is 6.01. The monoisotopic (exact) mass is 368 g/mol. The third kappa shape index (κ3) is 4.27. The minimum absolute atomic E-state index is 0.169. The SMILES string of the molecule is COCCOc1ccc(/C=C/c2nc3c(C(=O)O)cccc3[nH]2)cc1OC. The van der Waals surface area contributed by atoms with E-state index in [2.05, 4.69) is 9.97 Å². The van der Waals surface area contributed by atoms with E-state index in [0.717, 1.165) is 5.56 Å². The number of aromatic amines is 1. The van der Waals surface area contributed by atoms with Crippen molar-refractivity contribution in [2.45, 2.75) is 0 Å². The van der Waals surface area contributed by atoms with Crippen molar-refractivity contribution in [3.63, 3.8) is 0 Å². The molecule has 3 rings (SSSR count). The Morgan fingerprint density at radius 3 is 2.74 bits per heavy atom. The van der Waals surface area contributed by atoms with Crippen molar-refractivity contribution in [1.29, 1.82) is 0 Å². The van der Waals surface area contributed by atoms with E-state index in [4.69, 9.17) is 14.2 Å². The van der Waals surface area contributed by atoms with Crippen LogP contribution >= 0.6 is 0 Å². The lowest BCUT2D eigenvalue weighted by molar-refractivity contribution is 0.0699. The molecule has 0 aliphatic heterocycles. The highest BCUT2D eigenvalue weighted by Crippen LogP contribution is 2.29. The Morgan fingerprint density at radius 2 is 2.00 bits per heavy atom. The van der Waals surface area contributed by atoms with E-state index >= 15 is 0 Å². The van der Waals surface area contributed by atoms with Gasteiger partial charge in [-0.3, -0.25) is 0 Å². The van der Waals surface area contributed by atoms with Crippen LogP contribution in [-0.4, -0.2) is 48.5 Å². The van der Waals surface area contributed by atoms with Crippen LogP contribution in [0.1, 0.15) is 21.7 Å². The largest absolute Gasteiger partial charge is 0.493 e. The predicted molar refractivity (Wildman–Crippen MR) is 102 cm³/mol. The molecule has 0 fully saturated rings. The van der Waals surface area contributed by atoms with Crippen LogP contribution in [0.4, 0.5) is 0 Å². The summed E-state index contributed by atoms with van der Waals surface area (Å²) < 4.78 is 16.0. The summed E-state index contributed by atoms with van der Waals surface area (Å²) >= 11 is 0. The Hall–Kier alpha value is -3.32. The molecule has 2 N–H and O–H groups in total. The number of benzene rings is 2. The molecule has 0 saturated heterocycles. The molecule has 3 aromatic rings. The Labute approximate surface area is 156 Å². The highest BCUT2D eigenvalue weighted by atomic mass is 16.5. The standard InChI is InChI=1S/C20H20N2O5/c1-25-10-11-27-16-8-6-13(12-17(16)26-2)7-9-18-21-15-5-3-4-14(20(23)24)19(15)22-18/h3-9,12H,10-11H2,1-2H3,(H,21,22)(H,23,24)/b9-7+. The summed E-state index contributed by atoms with van der Waals surface area (Å²) in [4.78, 5) is 18.8. The molecule has 27 heavy (non-hydrogen) atoms. The zero-order chi connectivity index (χ0) is 19.2. The number of carboxylic acids is 1. The fourth-order valence-corrected chi connectivity index (χ4v) is 2.62. The van der Waals surface area contributed by atoms with Crippen LogP contribution in [0.2, 0.25) is 0 Å². The summed E-state index contributed by atoms with van der Waals surface area (Å²) in [5, 5.41) is 9.26. The first-order valence-corrected chi connectivity index (χ1v) is 8.32. The van der Waals surface area contributed by atoms with Crippen molar-refractivity contribution in [1.82, 2.24) is 9.97 Å². The molecule has 0 saturated carbocycles. The highest BCUT2D eigenvalue weighted by Gasteiger charge is 2.11. The van der Waals surface area contributed by atoms with Gasteiger partial charge in [-0.25, -0.2) is 9.78 Å². The number of ether oxygens (including phenoxy) is 3. The number of para-hydroxylation sites is 1. The van der Waals surface area contributed by atoms with Gasteiger partial charge in [-0.2, -0.15) is 0 Å². The third-order valence-corrected chi connectivity index (χ3v) is 3.93. The lowest BCUT2D eigenvalue weighted by Gasteiger charge is -2.10. The van der Waals surface area contributed by atoms with E-state index in [9.17, 15) is 9.90 Å². The zero-order valence-electron chi connectivity index (χ0n) is 15.1. The van der Waals surface area contributed by atoms with Gasteiger partial charge in [0.1, 0.15) is 17.9 Å². The quantitative estimate of drug-likeness (QED) is 0.592. The molecule has 140 valence electrons. The number of fused-ring (bicyclic) bond motifs is 1. The van der Waals surface area contributed by atoms with Gasteiger partial charge < -0.3 is 24.3 Å². The molecule has 0 aliphatic rings. The minimum atomic E-state index is -1.00. The number of imidazole rings is 1. The van der Waals surface area contributed by atoms with Crippen molar-refractivity contribution in [3.8, 4) is 11.5 Å². The van der Waals surface area contributed by atoms with Gasteiger partial charge in [-0.15, -0.1) is 0 Å². The Morgan fingerprint density at radius 1 is 1.15 bits per heavy atom. The second-order valence-corrected chi connectivity index (χ2v) is 5.71. The topological polar surface area (TPSA) is 93.7 Å². The van der Waals surface area contributed by atoms with Crippen LogP contribution in [0.5, 0.6) is 11.5 Å². The van der Waals surface area contributed by atoms with Crippen molar-refractivity contribution >= 4 is 29.2 Å². The first-order chi connectivity index (χ1) is 13.1. The average Bonchev–Trinajstić information content (AvgIpc) is 3.10. The van der Waals surface area contributed by atoms with Gasteiger partial charge in [-0.1, -0.05) is 18.2 Å². The lowest BCUT2D eigenvalue weighted by Crippen LogP contribution is -2.05. The number of H-pyrrole nitrogens is 1. The van der Waals surface area contributed by atoms with Crippen molar-refractivity contribution in [3.05, 3.63) is 53.3 Å². The summed E-state index contributed by atoms with van der Waals surface area (Å²) in [6.45, 7) is 0.933. The van der Waals surface area contributed by atoms with Crippen molar-refractivity contribution < 1.29 is 24.1 Å². The van der Waals surface area contributed by atoms with Crippen LogP contribution < -0.4 is 9.47 Å². The zero-order valence-corrected chi connectivity index (χ0v) is 15.1. The second kappa shape index (κ2) is 8.37. The van der Waals surface area contributed by atoms with Gasteiger partial charge in [0.25, 0.3) is 0 Å². The van der Waals surface area contributed by atoms with Gasteiger partial charge in [0, 0.05) is 7.11 Å². The first kappa shape index (κ1) is 18.5. The molecular weight excluding hydrogens is 348 g/mol. The molecule has 0 atom stereocenters. The average molecular weight is 368 g/mol. The molecule has 0 amide bonds. The van der Waals surface area contributed by atoms with Crippen LogP contribution in [-0.2, 0) is 4.74 Å². The maximum absolute atomic E-state index is 11.3. The second-order valence-electron chi connectivity index (χ2n) is 5.71. The number of hydrogen-bond donors (Lipinski definition) is 2. The number of aromatic nitrogens is 2. The lowest BCUT2D eigenvalue weighted by atomic mass is 10.2. The molecule has 0 unspecified atom stereocenters. The molecule has 0 aliphatic carbocycles. The van der Waals surface area contributed by atoms with E-state index in [0.29, 0.717) is 41.6 Å². The maximum atomic E-state index is 11.3. The van der Waals surface area contributed by atoms with Gasteiger partial charge in [0.05, 0.1) is 24.8 Å². The summed E-state index contributed by atoms with van der Waals surface area (Å²) in [7, 11) is 3.20. The Kier molecular flexibility index (Phi) is 5.73. The molecule has 1 heterocycles. The molecule has 1 aromatic heterocycles. The molecule has 7 nitrogen and oxygen atoms in total. The predicted octanol–water partition coefficient (Wildman–Crippen LogP) is 3.47. The van der Waals surface area contributed by atoms with Crippen LogP contribution in [0.25, 0.3) is 23.2 Å². The Balaban J connectivity index is 1.82. The summed E-state index contributed by atoms with van der Waals surface area (Å²) in [5.41, 5.74) is 2.17. The number of nitrogens with one attached hydrogen (secondary N) is 1. The van der Waals surface area contributed by atoms with E-state index < -0.39 is 5.97 Å². The van der Waals surface area contributed by atoms with Crippen molar-refractivity contribution in [2.24, 2.45) is 0 Å². The van der Waals surface area contributed by atoms with E-state index in [1.807, 2.05) is 24.3 Å². The fraction of sp³-hybridized carbons (Fsp3) is 0.200. The number of carboxylic acid groups (broad SMARTS) is 1. The number of aromatic carboxylic acids is 1. The molecule has 2 aromatic carbocycles. The molecule has 0 spiro atoms. The summed E-state index contributed by atoms with van der Waals surface area (Å²) in [6.07, 6.45) is 3.64. The fourth-order valence-electron chi connectivity index (χ4n) is 2.62. The van der Waals surface area contributed by atoms with Crippen LogP contribution in [0, 0.1) is 0 Å². The van der Waals surface area contributed by atoms with Gasteiger partial charge in [-0.05, 0) is 35.9 Å². The molecular formula is C20H20N2O5. The Bertz CT molecular complexity index is 978. The molecule has 0 radical (unpaired) electrons. The summed E-state index contributed by atoms with van der Waals surface area (Å²) in [6, 6.07) is 10.6. The number of hydrogen-bond acceptors (Lipinski definition) is 5. The van der Waals surface area contributed by atoms with Gasteiger partial charge in [0.15, 0.2) is 11.5 Å². The van der Waals surface area contributed by atoms with E-state index in [-0.39, 0.29) is 5.56 Å². The molecule has 7 heteroatoms. The first-order valence-electron chi connectivity index (χ1n) is 8.32. The number of methoxy groups -OCH3 is 2. The van der Waals surface area contributed by atoms with E-state index in [1.54, 1.807) is 32.4 Å². The third-order valence-electron chi connectivity index (χ3n) is 3.93. The summed E-state index contributed by atoms with van der Waals surface area (Å²) in [5.74, 6) is 0.821. The number of carbonyl (C=O) groups is 1. The maximum Gasteiger partial charge on any atom is 0.337 e. The van der Waals surface area contributed by atoms with Gasteiger partial charge >= 0.3 is 5.97 Å². The normalized spacial score (nSPS) is 11.2. The number of rotatable bonds is 8. The van der Waals surface area contributed by atoms with E-state index in [1.165, 1.54) is 6.07 Å². The van der Waals surface area contributed by atoms with Gasteiger partial charge in [0.2, 0.25) is 0 Å². The smallest absolute Gasteiger partial charge is 0.337 e. The minimum Gasteiger partial charge on any atom is -0.493 e. The van der Waals surface area contributed by atoms with Crippen LogP contribution in [0.3, 0.4) is 0 Å². The van der Waals surface area contributed by atoms with Crippen molar-refractivity contribution in [2.75, 3.05) is 27.4 Å². The molecule has 0 bridgehead atoms. The van der Waals surface area contributed by atoms with Crippen LogP contribution in [0.15, 0.2) is 36.4 Å².